The van der Waals surface area contributed by atoms with Crippen molar-refractivity contribution < 1.29 is 29.3 Å². The summed E-state index contributed by atoms with van der Waals surface area (Å²) < 4.78 is 5.50. The number of nitrogens with zero attached hydrogens (tertiary/aromatic N) is 1. The van der Waals surface area contributed by atoms with Gasteiger partial charge in [-0.2, -0.15) is 0 Å². The molecule has 1 fully saturated rings. The van der Waals surface area contributed by atoms with Gasteiger partial charge in [-0.3, -0.25) is 19.8 Å². The van der Waals surface area contributed by atoms with Crippen LogP contribution in [0.15, 0.2) is 46.4 Å². The van der Waals surface area contributed by atoms with Crippen LogP contribution in [0.2, 0.25) is 0 Å². The van der Waals surface area contributed by atoms with E-state index in [0.717, 1.165) is 4.90 Å². The summed E-state index contributed by atoms with van der Waals surface area (Å²) in [4.78, 5) is 37.5. The lowest BCUT2D eigenvalue weighted by Gasteiger charge is -2.29. The van der Waals surface area contributed by atoms with E-state index >= 15 is 0 Å². The summed E-state index contributed by atoms with van der Waals surface area (Å²) in [6, 6.07) is 8.34. The summed E-state index contributed by atoms with van der Waals surface area (Å²) in [7, 11) is 1.37. The summed E-state index contributed by atoms with van der Waals surface area (Å²) in [5.74, 6) is -2.41. The molecule has 0 radical (unpaired) electrons. The average molecular weight is 477 g/mol. The van der Waals surface area contributed by atoms with Crippen LogP contribution in [0, 0.1) is 0 Å². The fourth-order valence-electron chi connectivity index (χ4n) is 2.63. The monoisotopic (exact) mass is 476 g/mol. The number of carboxylic acid groups (broad SMARTS) is 1. The number of aromatic carboxylic acids is 1. The second-order valence-corrected chi connectivity index (χ2v) is 7.10. The maximum Gasteiger partial charge on any atom is 0.335 e. The van der Waals surface area contributed by atoms with E-state index in [1.54, 1.807) is 0 Å². The van der Waals surface area contributed by atoms with E-state index in [1.807, 2.05) is 0 Å². The van der Waals surface area contributed by atoms with Crippen LogP contribution in [0.4, 0.5) is 5.69 Å². The van der Waals surface area contributed by atoms with Crippen LogP contribution in [0.3, 0.4) is 0 Å². The van der Waals surface area contributed by atoms with E-state index in [9.17, 15) is 19.5 Å². The number of nitrogens with one attached hydrogen (secondary N) is 1. The quantitative estimate of drug-likeness (QED) is 0.352. The maximum absolute atomic E-state index is 13.0. The highest BCUT2D eigenvalue weighted by atomic mass is 79.9. The number of ether oxygens (including phenoxy) is 1. The molecule has 0 unspecified atom stereocenters. The van der Waals surface area contributed by atoms with Gasteiger partial charge in [-0.15, -0.1) is 0 Å². The zero-order valence-corrected chi connectivity index (χ0v) is 17.2. The van der Waals surface area contributed by atoms with Crippen LogP contribution in [0.25, 0.3) is 6.08 Å². The second kappa shape index (κ2) is 8.02. The molecular weight excluding hydrogens is 464 g/mol. The van der Waals surface area contributed by atoms with E-state index in [-0.39, 0.29) is 27.7 Å². The first-order chi connectivity index (χ1) is 13.7. The van der Waals surface area contributed by atoms with Gasteiger partial charge in [-0.1, -0.05) is 15.9 Å². The van der Waals surface area contributed by atoms with Gasteiger partial charge in [0.25, 0.3) is 11.8 Å². The van der Waals surface area contributed by atoms with E-state index in [4.69, 9.17) is 22.1 Å². The minimum atomic E-state index is -1.11. The number of phenols is 1. The van der Waals surface area contributed by atoms with Crippen molar-refractivity contribution in [3.05, 3.63) is 57.6 Å². The van der Waals surface area contributed by atoms with Gasteiger partial charge in [-0.05, 0) is 60.3 Å². The molecule has 0 saturated carbocycles. The minimum absolute atomic E-state index is 0.0454. The summed E-state index contributed by atoms with van der Waals surface area (Å²) >= 11 is 8.39. The molecule has 1 heterocycles. The molecule has 148 valence electrons. The van der Waals surface area contributed by atoms with Crippen molar-refractivity contribution >= 4 is 62.8 Å². The molecule has 1 saturated heterocycles. The number of hydrogen-bond acceptors (Lipinski definition) is 6. The standard InChI is InChI=1S/C19H13BrN2O6S/c1-28-15-7-10(13(20)8-14(15)23)6-12-16(24)21-19(29)22(17(12)25)11-4-2-9(3-5-11)18(26)27/h2-8,23H,1H3,(H,26,27)(H,21,24,29)/b12-6+. The number of carbonyl (C=O) groups is 3. The lowest BCUT2D eigenvalue weighted by molar-refractivity contribution is -0.122. The molecule has 8 nitrogen and oxygen atoms in total. The smallest absolute Gasteiger partial charge is 0.335 e. The van der Waals surface area contributed by atoms with Crippen LogP contribution in [0.5, 0.6) is 11.5 Å². The Morgan fingerprint density at radius 3 is 2.48 bits per heavy atom. The third-order valence-electron chi connectivity index (χ3n) is 4.07. The van der Waals surface area contributed by atoms with E-state index in [2.05, 4.69) is 21.2 Å². The van der Waals surface area contributed by atoms with E-state index < -0.39 is 17.8 Å². The Balaban J connectivity index is 2.03. The molecule has 3 rings (SSSR count). The summed E-state index contributed by atoms with van der Waals surface area (Å²) in [5, 5.41) is 21.2. The maximum atomic E-state index is 13.0. The fourth-order valence-corrected chi connectivity index (χ4v) is 3.36. The first-order valence-electron chi connectivity index (χ1n) is 8.04. The van der Waals surface area contributed by atoms with Crippen molar-refractivity contribution in [2.24, 2.45) is 0 Å². The number of carboxylic acids is 1. The molecule has 0 atom stereocenters. The third kappa shape index (κ3) is 3.98. The van der Waals surface area contributed by atoms with Gasteiger partial charge in [0.05, 0.1) is 18.4 Å². The lowest BCUT2D eigenvalue weighted by Crippen LogP contribution is -2.54. The Hall–Kier alpha value is -3.24. The number of methoxy groups -OCH3 is 1. The first kappa shape index (κ1) is 20.5. The molecule has 3 N–H and O–H groups in total. The topological polar surface area (TPSA) is 116 Å². The van der Waals surface area contributed by atoms with Crippen molar-refractivity contribution in [1.82, 2.24) is 5.32 Å². The number of carbonyl (C=O) groups excluding carboxylic acids is 2. The Bertz CT molecular complexity index is 1080. The Morgan fingerprint density at radius 1 is 1.24 bits per heavy atom. The summed E-state index contributed by atoms with van der Waals surface area (Å²) in [5.41, 5.74) is 0.573. The van der Waals surface area contributed by atoms with Crippen LogP contribution in [0.1, 0.15) is 15.9 Å². The molecule has 0 spiro atoms. The number of thiocarbonyl (C=S) groups is 1. The number of benzene rings is 2. The van der Waals surface area contributed by atoms with Crippen LogP contribution >= 0.6 is 28.1 Å². The van der Waals surface area contributed by atoms with Gasteiger partial charge in [0.2, 0.25) is 0 Å². The van der Waals surface area contributed by atoms with Gasteiger partial charge in [0.15, 0.2) is 16.6 Å². The van der Waals surface area contributed by atoms with Crippen LogP contribution < -0.4 is 15.0 Å². The largest absolute Gasteiger partial charge is 0.504 e. The SMILES string of the molecule is COc1cc(/C=C2\C(=O)NC(=S)N(c3ccc(C(=O)O)cc3)C2=O)c(Br)cc1O. The zero-order valence-electron chi connectivity index (χ0n) is 14.8. The minimum Gasteiger partial charge on any atom is -0.504 e. The predicted molar refractivity (Wildman–Crippen MR) is 112 cm³/mol. The Kier molecular flexibility index (Phi) is 5.66. The molecule has 10 heteroatoms. The highest BCUT2D eigenvalue weighted by molar-refractivity contribution is 9.10. The Morgan fingerprint density at radius 2 is 1.90 bits per heavy atom. The molecule has 0 aliphatic carbocycles. The zero-order chi connectivity index (χ0) is 21.3. The van der Waals surface area contributed by atoms with Crippen LogP contribution in [-0.4, -0.2) is 40.2 Å². The van der Waals surface area contributed by atoms with Gasteiger partial charge >= 0.3 is 5.97 Å². The molecule has 2 aromatic carbocycles. The summed E-state index contributed by atoms with van der Waals surface area (Å²) in [6.07, 6.45) is 1.34. The normalized spacial score (nSPS) is 15.4. The fraction of sp³-hybridized carbons (Fsp3) is 0.0526. The van der Waals surface area contributed by atoms with Crippen molar-refractivity contribution in [2.75, 3.05) is 12.0 Å². The van der Waals surface area contributed by atoms with Crippen molar-refractivity contribution in [3.63, 3.8) is 0 Å². The Labute approximate surface area is 178 Å². The number of hydrogen-bond donors (Lipinski definition) is 3. The highest BCUT2D eigenvalue weighted by Crippen LogP contribution is 2.34. The number of rotatable bonds is 4. The molecule has 0 bridgehead atoms. The predicted octanol–water partition coefficient (Wildman–Crippen LogP) is 2.69. The van der Waals surface area contributed by atoms with Crippen molar-refractivity contribution in [2.45, 2.75) is 0 Å². The number of phenolic OH excluding ortho intramolecular Hbond substituents is 1. The van der Waals surface area contributed by atoms with Crippen molar-refractivity contribution in [3.8, 4) is 11.5 Å². The third-order valence-corrected chi connectivity index (χ3v) is 5.04. The van der Waals surface area contributed by atoms with Crippen molar-refractivity contribution in [1.29, 1.82) is 0 Å². The number of amides is 2. The van der Waals surface area contributed by atoms with E-state index in [1.165, 1.54) is 49.6 Å². The molecule has 29 heavy (non-hydrogen) atoms. The number of halogens is 1. The second-order valence-electron chi connectivity index (χ2n) is 5.86. The highest BCUT2D eigenvalue weighted by Gasteiger charge is 2.34. The van der Waals surface area contributed by atoms with Gasteiger partial charge in [0.1, 0.15) is 5.57 Å². The van der Waals surface area contributed by atoms with Gasteiger partial charge in [0, 0.05) is 4.47 Å². The first-order valence-corrected chi connectivity index (χ1v) is 9.24. The molecule has 0 aromatic heterocycles. The summed E-state index contributed by atoms with van der Waals surface area (Å²) in [6.45, 7) is 0. The lowest BCUT2D eigenvalue weighted by atomic mass is 10.1. The molecule has 1 aliphatic heterocycles. The average Bonchev–Trinajstić information content (AvgIpc) is 2.66. The van der Waals surface area contributed by atoms with Crippen LogP contribution in [-0.2, 0) is 9.59 Å². The molecule has 2 aromatic rings. The molecule has 2 amide bonds. The molecular formula is C19H13BrN2O6S. The molecule has 1 aliphatic rings. The number of aromatic hydroxyl groups is 1. The van der Waals surface area contributed by atoms with E-state index in [0.29, 0.717) is 15.7 Å². The number of anilines is 1. The van der Waals surface area contributed by atoms with Gasteiger partial charge in [-0.25, -0.2) is 4.79 Å². The van der Waals surface area contributed by atoms with Gasteiger partial charge < -0.3 is 14.9 Å².